The standard InChI is InChI=1S/C31H40N2O4/c1-29(2,3)37-28(36)33-19-18-32-27(35)22-11-8-21(9-12-22)10-15-26(34)23-13-14-24-25(20-23)31(6,7)17-16-30(24,4)5/h8-15,20H,16-19H2,1-7H3,(H,32,35)(H,33,36). The highest BCUT2D eigenvalue weighted by Crippen LogP contribution is 2.45. The van der Waals surface area contributed by atoms with Crippen LogP contribution < -0.4 is 10.6 Å². The fraction of sp³-hybridized carbons (Fsp3) is 0.452. The van der Waals surface area contributed by atoms with E-state index in [2.05, 4.69) is 50.5 Å². The lowest BCUT2D eigenvalue weighted by Gasteiger charge is -2.42. The van der Waals surface area contributed by atoms with E-state index in [-0.39, 0.29) is 35.6 Å². The van der Waals surface area contributed by atoms with Gasteiger partial charge in [-0.15, -0.1) is 0 Å². The molecule has 2 N–H and O–H groups in total. The molecule has 2 amide bonds. The van der Waals surface area contributed by atoms with Crippen LogP contribution in [0.2, 0.25) is 0 Å². The molecule has 0 bridgehead atoms. The van der Waals surface area contributed by atoms with E-state index in [0.29, 0.717) is 11.1 Å². The highest BCUT2D eigenvalue weighted by molar-refractivity contribution is 6.07. The third kappa shape index (κ3) is 7.54. The first-order valence-corrected chi connectivity index (χ1v) is 12.9. The van der Waals surface area contributed by atoms with Crippen molar-refractivity contribution in [2.24, 2.45) is 0 Å². The predicted molar refractivity (Wildman–Crippen MR) is 148 cm³/mol. The van der Waals surface area contributed by atoms with Crippen molar-refractivity contribution >= 4 is 23.9 Å². The van der Waals surface area contributed by atoms with Crippen LogP contribution in [0.4, 0.5) is 4.79 Å². The highest BCUT2D eigenvalue weighted by atomic mass is 16.6. The zero-order chi connectivity index (χ0) is 27.4. The number of nitrogens with one attached hydrogen (secondary N) is 2. The van der Waals surface area contributed by atoms with Gasteiger partial charge in [-0.2, -0.15) is 0 Å². The first-order chi connectivity index (χ1) is 17.2. The average Bonchev–Trinajstić information content (AvgIpc) is 2.82. The van der Waals surface area contributed by atoms with Gasteiger partial charge in [0.05, 0.1) is 0 Å². The number of alkyl carbamates (subject to hydrolysis) is 1. The van der Waals surface area contributed by atoms with Gasteiger partial charge >= 0.3 is 6.09 Å². The van der Waals surface area contributed by atoms with Crippen LogP contribution in [0, 0.1) is 0 Å². The van der Waals surface area contributed by atoms with E-state index >= 15 is 0 Å². The maximum atomic E-state index is 12.9. The van der Waals surface area contributed by atoms with Crippen molar-refractivity contribution in [1.82, 2.24) is 10.6 Å². The van der Waals surface area contributed by atoms with Crippen LogP contribution in [-0.2, 0) is 15.6 Å². The van der Waals surface area contributed by atoms with Gasteiger partial charge in [-0.25, -0.2) is 4.79 Å². The van der Waals surface area contributed by atoms with E-state index < -0.39 is 11.7 Å². The summed E-state index contributed by atoms with van der Waals surface area (Å²) in [5.74, 6) is -0.279. The molecular formula is C31H40N2O4. The fourth-order valence-corrected chi connectivity index (χ4v) is 4.51. The molecule has 0 aromatic heterocycles. The molecule has 0 spiro atoms. The molecule has 2 aromatic rings. The molecule has 0 fully saturated rings. The molecule has 0 unspecified atom stereocenters. The number of ketones is 1. The third-order valence-corrected chi connectivity index (χ3v) is 6.82. The minimum Gasteiger partial charge on any atom is -0.444 e. The van der Waals surface area contributed by atoms with Crippen LogP contribution in [-0.4, -0.2) is 36.5 Å². The number of hydrogen-bond acceptors (Lipinski definition) is 4. The number of benzene rings is 2. The summed E-state index contributed by atoms with van der Waals surface area (Å²) in [5.41, 5.74) is 4.22. The summed E-state index contributed by atoms with van der Waals surface area (Å²) >= 11 is 0. The first-order valence-electron chi connectivity index (χ1n) is 12.9. The first kappa shape index (κ1) is 28.2. The Morgan fingerprint density at radius 3 is 2.03 bits per heavy atom. The van der Waals surface area contributed by atoms with Crippen molar-refractivity contribution in [3.05, 3.63) is 76.4 Å². The van der Waals surface area contributed by atoms with Crippen molar-refractivity contribution in [2.45, 2.75) is 77.7 Å². The summed E-state index contributed by atoms with van der Waals surface area (Å²) < 4.78 is 5.16. The monoisotopic (exact) mass is 504 g/mol. The molecule has 0 aliphatic heterocycles. The van der Waals surface area contributed by atoms with E-state index in [9.17, 15) is 14.4 Å². The minimum absolute atomic E-state index is 0.0405. The molecule has 1 aliphatic rings. The Hall–Kier alpha value is -3.41. The molecule has 3 rings (SSSR count). The van der Waals surface area contributed by atoms with Crippen molar-refractivity contribution in [2.75, 3.05) is 13.1 Å². The minimum atomic E-state index is -0.567. The number of carbonyl (C=O) groups excluding carboxylic acids is 3. The summed E-state index contributed by atoms with van der Waals surface area (Å²) in [6.07, 6.45) is 5.07. The predicted octanol–water partition coefficient (Wildman–Crippen LogP) is 6.19. The Labute approximate surface area is 220 Å². The molecule has 0 atom stereocenters. The molecule has 0 saturated heterocycles. The smallest absolute Gasteiger partial charge is 0.407 e. The molecule has 37 heavy (non-hydrogen) atoms. The number of amides is 2. The molecule has 198 valence electrons. The maximum absolute atomic E-state index is 12.9. The van der Waals surface area contributed by atoms with Gasteiger partial charge in [-0.3, -0.25) is 9.59 Å². The lowest BCUT2D eigenvalue weighted by Crippen LogP contribution is -2.37. The zero-order valence-corrected chi connectivity index (χ0v) is 23.2. The van der Waals surface area contributed by atoms with Gasteiger partial charge in [0.15, 0.2) is 5.78 Å². The highest BCUT2D eigenvalue weighted by Gasteiger charge is 2.37. The molecule has 1 aliphatic carbocycles. The van der Waals surface area contributed by atoms with Crippen molar-refractivity contribution in [3.8, 4) is 0 Å². The SMILES string of the molecule is CC(C)(C)OC(=O)NCCNC(=O)c1ccc(C=CC(=O)c2ccc3c(c2)C(C)(C)CCC3(C)C)cc1. The average molecular weight is 505 g/mol. The lowest BCUT2D eigenvalue weighted by molar-refractivity contribution is 0.0526. The van der Waals surface area contributed by atoms with E-state index in [1.54, 1.807) is 57.2 Å². The van der Waals surface area contributed by atoms with Crippen molar-refractivity contribution < 1.29 is 19.1 Å². The number of hydrogen-bond donors (Lipinski definition) is 2. The molecule has 6 heteroatoms. The van der Waals surface area contributed by atoms with E-state index in [1.165, 1.54) is 11.1 Å². The van der Waals surface area contributed by atoms with Gasteiger partial charge in [-0.1, -0.05) is 58.0 Å². The van der Waals surface area contributed by atoms with Crippen molar-refractivity contribution in [3.63, 3.8) is 0 Å². The lowest BCUT2D eigenvalue weighted by atomic mass is 9.63. The Bertz CT molecular complexity index is 1180. The van der Waals surface area contributed by atoms with Crippen LogP contribution in [0.25, 0.3) is 6.08 Å². The number of ether oxygens (including phenoxy) is 1. The van der Waals surface area contributed by atoms with Gasteiger partial charge in [0.1, 0.15) is 5.60 Å². The summed E-state index contributed by atoms with van der Waals surface area (Å²) in [7, 11) is 0. The third-order valence-electron chi connectivity index (χ3n) is 6.82. The molecule has 0 radical (unpaired) electrons. The van der Waals surface area contributed by atoms with Gasteiger partial charge in [0, 0.05) is 24.2 Å². The summed E-state index contributed by atoms with van der Waals surface area (Å²) in [6, 6.07) is 13.1. The topological polar surface area (TPSA) is 84.5 Å². The van der Waals surface area contributed by atoms with Crippen LogP contribution in [0.1, 0.15) is 98.7 Å². The zero-order valence-electron chi connectivity index (χ0n) is 23.2. The molecule has 0 heterocycles. The normalized spacial score (nSPS) is 16.1. The van der Waals surface area contributed by atoms with E-state index in [0.717, 1.165) is 18.4 Å². The fourth-order valence-electron chi connectivity index (χ4n) is 4.51. The molecule has 2 aromatic carbocycles. The molecular weight excluding hydrogens is 464 g/mol. The summed E-state index contributed by atoms with van der Waals surface area (Å²) in [5, 5.41) is 5.37. The largest absolute Gasteiger partial charge is 0.444 e. The van der Waals surface area contributed by atoms with Crippen LogP contribution in [0.15, 0.2) is 48.5 Å². The molecule has 6 nitrogen and oxygen atoms in total. The van der Waals surface area contributed by atoms with Gasteiger partial charge in [0.2, 0.25) is 0 Å². The Kier molecular flexibility index (Phi) is 8.31. The second-order valence-electron chi connectivity index (χ2n) is 12.0. The van der Waals surface area contributed by atoms with Crippen LogP contribution >= 0.6 is 0 Å². The molecule has 0 saturated carbocycles. The maximum Gasteiger partial charge on any atom is 0.407 e. The number of fused-ring (bicyclic) bond motifs is 1. The Morgan fingerprint density at radius 1 is 0.838 bits per heavy atom. The summed E-state index contributed by atoms with van der Waals surface area (Å²) in [4.78, 5) is 37.0. The van der Waals surface area contributed by atoms with Crippen LogP contribution in [0.5, 0.6) is 0 Å². The van der Waals surface area contributed by atoms with Gasteiger partial charge < -0.3 is 15.4 Å². The van der Waals surface area contributed by atoms with Crippen molar-refractivity contribution in [1.29, 1.82) is 0 Å². The Morgan fingerprint density at radius 2 is 1.41 bits per heavy atom. The van der Waals surface area contributed by atoms with Crippen LogP contribution in [0.3, 0.4) is 0 Å². The number of rotatable bonds is 7. The second-order valence-corrected chi connectivity index (χ2v) is 12.0. The number of allylic oxidation sites excluding steroid dienone is 1. The van der Waals surface area contributed by atoms with Gasteiger partial charge in [-0.05, 0) is 85.4 Å². The quantitative estimate of drug-likeness (QED) is 0.268. The van der Waals surface area contributed by atoms with E-state index in [4.69, 9.17) is 4.74 Å². The number of carbonyl (C=O) groups is 3. The summed E-state index contributed by atoms with van der Waals surface area (Å²) in [6.45, 7) is 15.0. The Balaban J connectivity index is 1.56. The second kappa shape index (κ2) is 10.9. The van der Waals surface area contributed by atoms with E-state index in [1.807, 2.05) is 6.07 Å². The van der Waals surface area contributed by atoms with Gasteiger partial charge in [0.25, 0.3) is 5.91 Å².